The van der Waals surface area contributed by atoms with E-state index in [0.29, 0.717) is 23.0 Å². The lowest BCUT2D eigenvalue weighted by Crippen LogP contribution is -2.56. The standard InChI is InChI=1S/C21H34O2/c1-13-12-19(2)14(11-18(13)22)5-6-15-16(19)7-9-20(3)17(15)8-10-21(20,4)23/h13-17,23H,5-12H2,1-4H3/t13?,14?,15-,16+,17+,19+,20+,21+/m1/s1. The number of carbonyl (C=O) groups excluding carboxylic acids is 1. The Bertz CT molecular complexity index is 524. The van der Waals surface area contributed by atoms with E-state index in [-0.39, 0.29) is 11.3 Å². The van der Waals surface area contributed by atoms with Crippen LogP contribution in [0.25, 0.3) is 0 Å². The second-order valence-corrected chi connectivity index (χ2v) is 10.2. The summed E-state index contributed by atoms with van der Waals surface area (Å²) in [4.78, 5) is 12.2. The van der Waals surface area contributed by atoms with Gasteiger partial charge in [0.15, 0.2) is 0 Å². The van der Waals surface area contributed by atoms with Crippen LogP contribution in [0, 0.1) is 40.4 Å². The van der Waals surface area contributed by atoms with Crippen molar-refractivity contribution in [2.75, 3.05) is 0 Å². The largest absolute Gasteiger partial charge is 0.390 e. The maximum absolute atomic E-state index is 12.2. The summed E-state index contributed by atoms with van der Waals surface area (Å²) in [6.45, 7) is 9.11. The summed E-state index contributed by atoms with van der Waals surface area (Å²) >= 11 is 0. The quantitative estimate of drug-likeness (QED) is 0.709. The SMILES string of the molecule is CC1C[C@@]2(C)C(CC[C@@H]3[C@@H]2CC[C@@]2(C)[C@H]3CC[C@]2(C)O)CC1=O. The molecule has 0 amide bonds. The highest BCUT2D eigenvalue weighted by Crippen LogP contribution is 2.68. The zero-order chi connectivity index (χ0) is 16.6. The van der Waals surface area contributed by atoms with E-state index in [0.717, 1.165) is 31.1 Å². The van der Waals surface area contributed by atoms with Crippen LogP contribution in [0.1, 0.15) is 79.1 Å². The van der Waals surface area contributed by atoms with E-state index in [1.807, 2.05) is 0 Å². The number of aliphatic hydroxyl groups is 1. The fourth-order valence-corrected chi connectivity index (χ4v) is 7.65. The molecular weight excluding hydrogens is 284 g/mol. The minimum atomic E-state index is -0.476. The van der Waals surface area contributed by atoms with Crippen LogP contribution < -0.4 is 0 Å². The van der Waals surface area contributed by atoms with Gasteiger partial charge in [-0.2, -0.15) is 0 Å². The molecule has 2 nitrogen and oxygen atoms in total. The van der Waals surface area contributed by atoms with Gasteiger partial charge in [-0.05, 0) is 86.4 Å². The fourth-order valence-electron chi connectivity index (χ4n) is 7.65. The third-order valence-electron chi connectivity index (χ3n) is 9.37. The summed E-state index contributed by atoms with van der Waals surface area (Å²) in [5.74, 6) is 3.65. The molecule has 23 heavy (non-hydrogen) atoms. The number of carbonyl (C=O) groups is 1. The monoisotopic (exact) mass is 318 g/mol. The van der Waals surface area contributed by atoms with Crippen molar-refractivity contribution >= 4 is 5.78 Å². The Kier molecular flexibility index (Phi) is 3.39. The molecule has 0 aromatic rings. The number of Topliss-reactive ketones (excluding diaryl/α,β-unsaturated/α-hetero) is 1. The first-order valence-electron chi connectivity index (χ1n) is 9.94. The average Bonchev–Trinajstić information content (AvgIpc) is 2.71. The lowest BCUT2D eigenvalue weighted by Gasteiger charge is -2.61. The van der Waals surface area contributed by atoms with Crippen molar-refractivity contribution in [1.82, 2.24) is 0 Å². The molecule has 0 aromatic carbocycles. The van der Waals surface area contributed by atoms with Crippen molar-refractivity contribution in [1.29, 1.82) is 0 Å². The number of fused-ring (bicyclic) bond motifs is 5. The molecule has 4 aliphatic carbocycles. The molecule has 4 aliphatic rings. The molecule has 0 aromatic heterocycles. The van der Waals surface area contributed by atoms with E-state index in [2.05, 4.69) is 27.7 Å². The van der Waals surface area contributed by atoms with E-state index in [4.69, 9.17) is 0 Å². The molecule has 0 heterocycles. The number of hydrogen-bond acceptors (Lipinski definition) is 2. The van der Waals surface area contributed by atoms with Gasteiger partial charge in [0.25, 0.3) is 0 Å². The predicted molar refractivity (Wildman–Crippen MR) is 91.9 cm³/mol. The Morgan fingerprint density at radius 1 is 1.00 bits per heavy atom. The summed E-state index contributed by atoms with van der Waals surface area (Å²) < 4.78 is 0. The van der Waals surface area contributed by atoms with Gasteiger partial charge in [-0.1, -0.05) is 20.8 Å². The van der Waals surface area contributed by atoms with Crippen molar-refractivity contribution in [2.24, 2.45) is 40.4 Å². The third-order valence-corrected chi connectivity index (χ3v) is 9.37. The first kappa shape index (κ1) is 16.1. The molecule has 4 rings (SSSR count). The Hall–Kier alpha value is -0.370. The van der Waals surface area contributed by atoms with Gasteiger partial charge in [0.2, 0.25) is 0 Å². The lowest BCUT2D eigenvalue weighted by atomic mass is 9.44. The predicted octanol–water partition coefficient (Wildman–Crippen LogP) is 4.60. The van der Waals surface area contributed by atoms with Gasteiger partial charge in [0, 0.05) is 12.3 Å². The smallest absolute Gasteiger partial charge is 0.136 e. The van der Waals surface area contributed by atoms with Crippen LogP contribution in [0.3, 0.4) is 0 Å². The fraction of sp³-hybridized carbons (Fsp3) is 0.952. The van der Waals surface area contributed by atoms with Crippen LogP contribution in [-0.4, -0.2) is 16.5 Å². The zero-order valence-electron chi connectivity index (χ0n) is 15.4. The molecule has 2 heteroatoms. The van der Waals surface area contributed by atoms with Crippen LogP contribution in [-0.2, 0) is 4.79 Å². The molecule has 4 saturated carbocycles. The summed E-state index contributed by atoms with van der Waals surface area (Å²) in [6, 6.07) is 0. The minimum absolute atomic E-state index is 0.119. The first-order chi connectivity index (χ1) is 10.7. The van der Waals surface area contributed by atoms with Gasteiger partial charge < -0.3 is 5.11 Å². The van der Waals surface area contributed by atoms with E-state index in [1.54, 1.807) is 0 Å². The van der Waals surface area contributed by atoms with E-state index in [1.165, 1.54) is 32.1 Å². The van der Waals surface area contributed by atoms with Crippen molar-refractivity contribution in [2.45, 2.75) is 84.7 Å². The van der Waals surface area contributed by atoms with E-state index in [9.17, 15) is 9.90 Å². The topological polar surface area (TPSA) is 37.3 Å². The summed E-state index contributed by atoms with van der Waals surface area (Å²) in [6.07, 6.45) is 9.11. The second-order valence-electron chi connectivity index (χ2n) is 10.2. The van der Waals surface area contributed by atoms with E-state index < -0.39 is 5.60 Å². The van der Waals surface area contributed by atoms with Gasteiger partial charge in [-0.25, -0.2) is 0 Å². The van der Waals surface area contributed by atoms with E-state index >= 15 is 0 Å². The normalized spacial score (nSPS) is 59.2. The Morgan fingerprint density at radius 3 is 2.43 bits per heavy atom. The Morgan fingerprint density at radius 2 is 1.70 bits per heavy atom. The van der Waals surface area contributed by atoms with Gasteiger partial charge in [-0.15, -0.1) is 0 Å². The molecule has 1 N–H and O–H groups in total. The Labute approximate surface area is 141 Å². The van der Waals surface area contributed by atoms with Gasteiger partial charge in [-0.3, -0.25) is 4.79 Å². The Balaban J connectivity index is 1.66. The first-order valence-corrected chi connectivity index (χ1v) is 9.94. The number of ketones is 1. The van der Waals surface area contributed by atoms with Gasteiger partial charge in [0.05, 0.1) is 5.60 Å². The lowest BCUT2D eigenvalue weighted by molar-refractivity contribution is -0.158. The summed E-state index contributed by atoms with van der Waals surface area (Å²) in [5, 5.41) is 11.0. The van der Waals surface area contributed by atoms with Gasteiger partial charge in [0.1, 0.15) is 5.78 Å². The highest BCUT2D eigenvalue weighted by Gasteiger charge is 2.63. The van der Waals surface area contributed by atoms with Crippen molar-refractivity contribution < 1.29 is 9.90 Å². The molecule has 8 atom stereocenters. The molecular formula is C21H34O2. The number of hydrogen-bond donors (Lipinski definition) is 1. The summed E-state index contributed by atoms with van der Waals surface area (Å²) in [7, 11) is 0. The molecule has 4 fully saturated rings. The maximum Gasteiger partial charge on any atom is 0.136 e. The molecule has 2 unspecified atom stereocenters. The minimum Gasteiger partial charge on any atom is -0.390 e. The zero-order valence-corrected chi connectivity index (χ0v) is 15.4. The summed E-state index contributed by atoms with van der Waals surface area (Å²) in [5.41, 5.74) is 0.00962. The molecule has 0 bridgehead atoms. The van der Waals surface area contributed by atoms with Crippen LogP contribution in [0.2, 0.25) is 0 Å². The highest BCUT2D eigenvalue weighted by atomic mass is 16.3. The molecule has 0 radical (unpaired) electrons. The van der Waals surface area contributed by atoms with Crippen LogP contribution >= 0.6 is 0 Å². The highest BCUT2D eigenvalue weighted by molar-refractivity contribution is 5.82. The number of rotatable bonds is 0. The maximum atomic E-state index is 12.2. The average molecular weight is 319 g/mol. The molecule has 0 aliphatic heterocycles. The van der Waals surface area contributed by atoms with Crippen LogP contribution in [0.5, 0.6) is 0 Å². The van der Waals surface area contributed by atoms with Crippen LogP contribution in [0.15, 0.2) is 0 Å². The molecule has 130 valence electrons. The van der Waals surface area contributed by atoms with Crippen molar-refractivity contribution in [3.05, 3.63) is 0 Å². The molecule has 0 saturated heterocycles. The second kappa shape index (κ2) is 4.84. The van der Waals surface area contributed by atoms with Crippen molar-refractivity contribution in [3.8, 4) is 0 Å². The van der Waals surface area contributed by atoms with Crippen LogP contribution in [0.4, 0.5) is 0 Å². The molecule has 0 spiro atoms. The van der Waals surface area contributed by atoms with Crippen molar-refractivity contribution in [3.63, 3.8) is 0 Å². The van der Waals surface area contributed by atoms with Gasteiger partial charge >= 0.3 is 0 Å². The third kappa shape index (κ3) is 2.00.